The molecule has 0 unspecified atom stereocenters. The van der Waals surface area contributed by atoms with E-state index in [1.165, 1.54) is 22.9 Å². The van der Waals surface area contributed by atoms with Crippen molar-refractivity contribution >= 4 is 17.6 Å². The number of benzene rings is 2. The Labute approximate surface area is 183 Å². The molecule has 32 heavy (non-hydrogen) atoms. The predicted octanol–water partition coefficient (Wildman–Crippen LogP) is 3.20. The summed E-state index contributed by atoms with van der Waals surface area (Å²) >= 11 is 0. The molecule has 3 amide bonds. The van der Waals surface area contributed by atoms with E-state index in [0.29, 0.717) is 16.2 Å². The van der Waals surface area contributed by atoms with Crippen LogP contribution in [0.5, 0.6) is 0 Å². The van der Waals surface area contributed by atoms with Gasteiger partial charge in [0.2, 0.25) is 5.91 Å². The van der Waals surface area contributed by atoms with Crippen LogP contribution in [0.4, 0.5) is 19.3 Å². The number of anilines is 1. The lowest BCUT2D eigenvalue weighted by molar-refractivity contribution is -0.122. The molecule has 1 aliphatic heterocycles. The predicted molar refractivity (Wildman–Crippen MR) is 112 cm³/mol. The fourth-order valence-electron chi connectivity index (χ4n) is 3.55. The number of urea groups is 1. The lowest BCUT2D eigenvalue weighted by atomic mass is 9.89. The van der Waals surface area contributed by atoms with Gasteiger partial charge in [-0.2, -0.15) is 15.0 Å². The van der Waals surface area contributed by atoms with Crippen molar-refractivity contribution in [2.24, 2.45) is 7.05 Å². The number of carbonyl (C=O) groups is 2. The molecule has 1 aromatic heterocycles. The van der Waals surface area contributed by atoms with E-state index in [1.54, 1.807) is 38.2 Å². The number of halogens is 2. The SMILES string of the molecule is CN1C(=O)N(c2c(F)cc(C#Cc3ccccc3)cc2F)C(=O)C[C@@]1(C)c1cnn(C)n1. The second-order valence-corrected chi connectivity index (χ2v) is 7.65. The molecule has 0 saturated carbocycles. The van der Waals surface area contributed by atoms with Crippen molar-refractivity contribution in [3.05, 3.63) is 77.1 Å². The number of nitrogens with zero attached hydrogens (tertiary/aromatic N) is 5. The summed E-state index contributed by atoms with van der Waals surface area (Å²) in [6.45, 7) is 1.65. The quantitative estimate of drug-likeness (QED) is 0.580. The molecule has 1 aliphatic rings. The second kappa shape index (κ2) is 7.89. The second-order valence-electron chi connectivity index (χ2n) is 7.65. The Morgan fingerprint density at radius 1 is 1.00 bits per heavy atom. The van der Waals surface area contributed by atoms with Gasteiger partial charge in [0.1, 0.15) is 11.4 Å². The summed E-state index contributed by atoms with van der Waals surface area (Å²) in [6.07, 6.45) is 1.23. The van der Waals surface area contributed by atoms with Crippen LogP contribution in [-0.4, -0.2) is 38.9 Å². The van der Waals surface area contributed by atoms with Gasteiger partial charge in [0.15, 0.2) is 11.6 Å². The van der Waals surface area contributed by atoms with Gasteiger partial charge >= 0.3 is 6.03 Å². The van der Waals surface area contributed by atoms with E-state index in [4.69, 9.17) is 0 Å². The zero-order chi connectivity index (χ0) is 23.0. The Bertz CT molecular complexity index is 1260. The van der Waals surface area contributed by atoms with Gasteiger partial charge < -0.3 is 4.90 Å². The van der Waals surface area contributed by atoms with Crippen LogP contribution >= 0.6 is 0 Å². The number of amides is 3. The highest BCUT2D eigenvalue weighted by atomic mass is 19.1. The third-order valence-corrected chi connectivity index (χ3v) is 5.48. The number of hydrogen-bond acceptors (Lipinski definition) is 4. The Morgan fingerprint density at radius 3 is 2.22 bits per heavy atom. The van der Waals surface area contributed by atoms with Crippen molar-refractivity contribution in [1.29, 1.82) is 0 Å². The highest BCUT2D eigenvalue weighted by Crippen LogP contribution is 2.38. The van der Waals surface area contributed by atoms with Crippen LogP contribution in [0.3, 0.4) is 0 Å². The van der Waals surface area contributed by atoms with Crippen molar-refractivity contribution in [2.45, 2.75) is 18.9 Å². The van der Waals surface area contributed by atoms with Crippen LogP contribution in [0.1, 0.15) is 30.2 Å². The molecule has 1 atom stereocenters. The van der Waals surface area contributed by atoms with Crippen LogP contribution in [0.25, 0.3) is 0 Å². The van der Waals surface area contributed by atoms with Gasteiger partial charge in [-0.15, -0.1) is 0 Å². The first-order valence-electron chi connectivity index (χ1n) is 9.74. The van der Waals surface area contributed by atoms with Gasteiger partial charge in [0.05, 0.1) is 18.2 Å². The molecule has 7 nitrogen and oxygen atoms in total. The van der Waals surface area contributed by atoms with E-state index in [9.17, 15) is 18.4 Å². The summed E-state index contributed by atoms with van der Waals surface area (Å²) < 4.78 is 29.8. The largest absolute Gasteiger partial charge is 0.332 e. The van der Waals surface area contributed by atoms with Gasteiger partial charge in [0.25, 0.3) is 0 Å². The first-order chi connectivity index (χ1) is 15.2. The highest BCUT2D eigenvalue weighted by Gasteiger charge is 2.49. The molecule has 2 aromatic carbocycles. The average Bonchev–Trinajstić information content (AvgIpc) is 3.20. The first kappa shape index (κ1) is 21.2. The Balaban J connectivity index is 1.67. The Kier molecular flexibility index (Phi) is 5.22. The summed E-state index contributed by atoms with van der Waals surface area (Å²) in [4.78, 5) is 29.0. The van der Waals surface area contributed by atoms with Crippen molar-refractivity contribution in [3.63, 3.8) is 0 Å². The maximum absolute atomic E-state index is 14.9. The number of aryl methyl sites for hydroxylation is 1. The molecule has 3 aromatic rings. The summed E-state index contributed by atoms with van der Waals surface area (Å²) in [5.74, 6) is 2.65. The minimum absolute atomic E-state index is 0.0854. The first-order valence-corrected chi connectivity index (χ1v) is 9.74. The number of carbonyl (C=O) groups excluding carboxylic acids is 2. The summed E-state index contributed by atoms with van der Waals surface area (Å²) in [6, 6.07) is 10.1. The van der Waals surface area contributed by atoms with Crippen molar-refractivity contribution < 1.29 is 18.4 Å². The molecular weight excluding hydrogens is 416 g/mol. The molecule has 0 bridgehead atoms. The monoisotopic (exact) mass is 435 g/mol. The molecule has 162 valence electrons. The molecule has 0 N–H and O–H groups in total. The highest BCUT2D eigenvalue weighted by molar-refractivity contribution is 6.16. The molecule has 4 rings (SSSR count). The smallest absolute Gasteiger partial charge is 0.315 e. The number of rotatable bonds is 2. The van der Waals surface area contributed by atoms with Crippen molar-refractivity contribution in [3.8, 4) is 11.8 Å². The van der Waals surface area contributed by atoms with E-state index in [1.807, 2.05) is 6.07 Å². The molecular formula is C23H19F2N5O2. The third kappa shape index (κ3) is 3.60. The zero-order valence-electron chi connectivity index (χ0n) is 17.6. The molecule has 0 spiro atoms. The van der Waals surface area contributed by atoms with Crippen LogP contribution in [0, 0.1) is 23.5 Å². The number of aromatic nitrogens is 3. The molecule has 1 saturated heterocycles. The van der Waals surface area contributed by atoms with Crippen LogP contribution in [0.15, 0.2) is 48.7 Å². The van der Waals surface area contributed by atoms with Gasteiger partial charge in [-0.25, -0.2) is 18.5 Å². The van der Waals surface area contributed by atoms with Crippen molar-refractivity contribution in [1.82, 2.24) is 19.9 Å². The Hall–Kier alpha value is -4.06. The van der Waals surface area contributed by atoms with Crippen LogP contribution in [0.2, 0.25) is 0 Å². The standard InChI is InChI=1S/C23H19F2N5O2/c1-23(19-14-26-29(3)27-19)13-20(31)30(22(32)28(23)2)21-17(24)11-16(12-18(21)25)10-9-15-7-5-4-6-8-15/h4-8,11-12,14H,13H2,1-3H3/t23-/m0/s1. The van der Waals surface area contributed by atoms with E-state index in [2.05, 4.69) is 22.0 Å². The maximum atomic E-state index is 14.9. The van der Waals surface area contributed by atoms with Crippen molar-refractivity contribution in [2.75, 3.05) is 11.9 Å². The molecule has 0 aliphatic carbocycles. The summed E-state index contributed by atoms with van der Waals surface area (Å²) in [5.41, 5.74) is -0.659. The minimum atomic E-state index is -1.10. The topological polar surface area (TPSA) is 71.3 Å². The van der Waals surface area contributed by atoms with E-state index >= 15 is 0 Å². The van der Waals surface area contributed by atoms with Crippen LogP contribution < -0.4 is 4.90 Å². The van der Waals surface area contributed by atoms with E-state index in [0.717, 1.165) is 12.1 Å². The van der Waals surface area contributed by atoms with E-state index < -0.39 is 34.8 Å². The van der Waals surface area contributed by atoms with Crippen LogP contribution in [-0.2, 0) is 17.4 Å². The maximum Gasteiger partial charge on any atom is 0.332 e. The Morgan fingerprint density at radius 2 is 1.62 bits per heavy atom. The lowest BCUT2D eigenvalue weighted by Crippen LogP contribution is -2.60. The van der Waals surface area contributed by atoms with Gasteiger partial charge in [-0.1, -0.05) is 30.0 Å². The van der Waals surface area contributed by atoms with Gasteiger partial charge in [0, 0.05) is 25.2 Å². The fourth-order valence-corrected chi connectivity index (χ4v) is 3.55. The zero-order valence-corrected chi connectivity index (χ0v) is 17.6. The van der Waals surface area contributed by atoms with Gasteiger partial charge in [-0.05, 0) is 31.2 Å². The number of hydrogen-bond donors (Lipinski definition) is 0. The fraction of sp³-hybridized carbons (Fsp3) is 0.217. The third-order valence-electron chi connectivity index (χ3n) is 5.48. The molecule has 9 heteroatoms. The molecule has 0 radical (unpaired) electrons. The molecule has 1 fully saturated rings. The van der Waals surface area contributed by atoms with Gasteiger partial charge in [-0.3, -0.25) is 4.79 Å². The van der Waals surface area contributed by atoms with E-state index in [-0.39, 0.29) is 12.0 Å². The minimum Gasteiger partial charge on any atom is -0.315 e. The number of imide groups is 1. The summed E-state index contributed by atoms with van der Waals surface area (Å²) in [7, 11) is 3.06. The average molecular weight is 435 g/mol. The normalized spacial score (nSPS) is 18.5. The summed E-state index contributed by atoms with van der Waals surface area (Å²) in [5, 5.41) is 8.18. The lowest BCUT2D eigenvalue weighted by Gasteiger charge is -2.44. The molecule has 2 heterocycles.